The molecule has 3 aromatic carbocycles. The number of imidazole rings is 1. The Morgan fingerprint density at radius 2 is 1.01 bits per heavy atom. The second kappa shape index (κ2) is 30.2. The Morgan fingerprint density at radius 3 is 1.51 bits per heavy atom. The minimum Gasteiger partial charge on any atom is -0.497 e. The number of anilines is 5. The molecule has 1 aliphatic rings. The second-order valence-corrected chi connectivity index (χ2v) is 25.7. The van der Waals surface area contributed by atoms with Gasteiger partial charge >= 0.3 is 0 Å². The van der Waals surface area contributed by atoms with E-state index in [0.29, 0.717) is 110 Å². The SMILES string of the molecule is CCCCc1nc(N)c2nc(-n3nccn3)n(C)c2n1.COc1ccc(CCCn2ncc3c2nc(N)n2nc(-c4ccco4)nc32)cc1.Cc1ccc(N2CCN(CCn3ncc4c3nc(N)n3nc(-c5ccco5)nc43)CC2)c(F)c1.Nc1nc2c(cnn2CCc2ccccc2)c2nc(-c3ccco3)nn12. The highest BCUT2D eigenvalue weighted by Gasteiger charge is 2.25. The highest BCUT2D eigenvalue weighted by atomic mass is 19.1. The third-order valence-electron chi connectivity index (χ3n) is 18.5. The van der Waals surface area contributed by atoms with E-state index >= 15 is 0 Å². The van der Waals surface area contributed by atoms with Crippen LogP contribution in [0.5, 0.6) is 5.75 Å². The van der Waals surface area contributed by atoms with Crippen LogP contribution in [0.4, 0.5) is 33.7 Å². The van der Waals surface area contributed by atoms with Crippen LogP contribution >= 0.6 is 0 Å². The Balaban J connectivity index is 0.000000112. The van der Waals surface area contributed by atoms with Crippen LogP contribution in [0, 0.1) is 12.7 Å². The molecule has 8 N–H and O–H groups in total. The number of methoxy groups -OCH3 is 1. The number of rotatable bonds is 19. The van der Waals surface area contributed by atoms with E-state index in [0.717, 1.165) is 111 Å². The number of furan rings is 3. The number of fused-ring (bicyclic) bond motifs is 10. The number of nitrogen functional groups attached to an aromatic ring is 4. The van der Waals surface area contributed by atoms with Crippen molar-refractivity contribution in [2.45, 2.75) is 72.0 Å². The summed E-state index contributed by atoms with van der Waals surface area (Å²) in [7, 11) is 3.53. The predicted molar refractivity (Wildman–Crippen MR) is 404 cm³/mol. The van der Waals surface area contributed by atoms with Crippen molar-refractivity contribution >= 4 is 90.6 Å². The maximum absolute atomic E-state index is 14.3. The molecule has 19 rings (SSSR count). The number of halogens is 1. The zero-order chi connectivity index (χ0) is 74.7. The van der Waals surface area contributed by atoms with Crippen molar-refractivity contribution in [3.8, 4) is 46.5 Å². The normalized spacial score (nSPS) is 12.6. The molecule has 1 aliphatic heterocycles. The Labute approximate surface area is 618 Å². The molecule has 0 unspecified atom stereocenters. The van der Waals surface area contributed by atoms with Crippen molar-refractivity contribution in [1.29, 1.82) is 0 Å². The largest absolute Gasteiger partial charge is 0.497 e. The van der Waals surface area contributed by atoms with Gasteiger partial charge in [-0.15, -0.1) is 20.1 Å². The number of ether oxygens (including phenoxy) is 1. The van der Waals surface area contributed by atoms with E-state index < -0.39 is 0 Å². The molecule has 15 aromatic heterocycles. The molecular formula is C73H74FN31O4. The van der Waals surface area contributed by atoms with Gasteiger partial charge in [0.15, 0.2) is 68.1 Å². The molecule has 0 atom stereocenters. The summed E-state index contributed by atoms with van der Waals surface area (Å²) in [5.41, 5.74) is 33.7. The molecule has 1 fully saturated rings. The number of hydrogen-bond acceptors (Lipinski definition) is 27. The molecule has 0 aliphatic carbocycles. The summed E-state index contributed by atoms with van der Waals surface area (Å²) in [4.78, 5) is 46.4. The zero-order valence-corrected chi connectivity index (χ0v) is 59.8. The van der Waals surface area contributed by atoms with Crippen LogP contribution in [0.3, 0.4) is 0 Å². The highest BCUT2D eigenvalue weighted by Crippen LogP contribution is 2.29. The Kier molecular flexibility index (Phi) is 19.2. The molecule has 16 heterocycles. The van der Waals surface area contributed by atoms with Gasteiger partial charge in [-0.3, -0.25) is 9.47 Å². The molecule has 552 valence electrons. The quantitative estimate of drug-likeness (QED) is 0.0586. The maximum Gasteiger partial charge on any atom is 0.251 e. The number of benzene rings is 3. The Morgan fingerprint density at radius 1 is 0.486 bits per heavy atom. The summed E-state index contributed by atoms with van der Waals surface area (Å²) in [5.74, 6) is 6.27. The first-order valence-corrected chi connectivity index (χ1v) is 35.3. The fraction of sp³-hybridized carbons (Fsp3) is 0.247. The number of nitrogens with two attached hydrogens (primary N) is 4. The van der Waals surface area contributed by atoms with Crippen LogP contribution in [0.15, 0.2) is 172 Å². The molecule has 109 heavy (non-hydrogen) atoms. The number of nitrogens with zero attached hydrogens (tertiary/aromatic N) is 27. The molecule has 36 heteroatoms. The van der Waals surface area contributed by atoms with Crippen molar-refractivity contribution < 1.29 is 22.4 Å². The average molecular weight is 1470 g/mol. The fourth-order valence-electron chi connectivity index (χ4n) is 12.9. The topological polar surface area (TPSA) is 416 Å². The third-order valence-corrected chi connectivity index (χ3v) is 18.5. The monoisotopic (exact) mass is 1470 g/mol. The number of aryl methyl sites for hydroxylation is 7. The van der Waals surface area contributed by atoms with Crippen LogP contribution in [0.2, 0.25) is 0 Å². The lowest BCUT2D eigenvalue weighted by atomic mass is 10.1. The summed E-state index contributed by atoms with van der Waals surface area (Å²) < 4.78 is 47.6. The van der Waals surface area contributed by atoms with E-state index in [-0.39, 0.29) is 23.7 Å². The van der Waals surface area contributed by atoms with Crippen molar-refractivity contribution in [3.63, 3.8) is 0 Å². The van der Waals surface area contributed by atoms with Crippen LogP contribution in [-0.4, -0.2) is 167 Å². The standard InChI is InChI=1S/C23H24FN9O.C20H19N7O2.C18H15N7O.C12H16N8/c1-15-4-5-18(17(24)13-15)31-9-6-30(7-10-31)8-11-32-21-16(14-26-32)22-27-20(19-3-2-12-34-19)29-33(22)23(25)28-21;1-28-14-8-6-13(7-9-14)4-2-10-26-18-15(12-22-26)19-23-17(16-5-3-11-29-16)25-27(19)20(21)24-18;19-18-22-16-13(11-20-24(16)9-8-12-5-2-1-3-6-12)17-21-15(23-25(17)18)14-7-4-10-26-14;1-3-4-5-8-16-10(13)9-11(17-8)19(2)12(18-9)20-14-6-7-15-20/h2-5,12-14H,6-11H2,1H3,(H2,25,28);3,5-9,11-12H,2,4,10H2,1H3,(H2,21,24);1-7,10-11H,8-9H2,(H2,19,22);6-7H,3-5H2,1-2H3,(H2,13,16,17). The van der Waals surface area contributed by atoms with Gasteiger partial charge in [0.1, 0.15) is 17.4 Å². The molecule has 0 bridgehead atoms. The first-order valence-electron chi connectivity index (χ1n) is 35.3. The summed E-state index contributed by atoms with van der Waals surface area (Å²) in [6.45, 7) is 10.2. The van der Waals surface area contributed by atoms with Gasteiger partial charge in [-0.2, -0.15) is 54.0 Å². The lowest BCUT2D eigenvalue weighted by Crippen LogP contribution is -2.47. The van der Waals surface area contributed by atoms with E-state index in [4.69, 9.17) is 40.9 Å². The summed E-state index contributed by atoms with van der Waals surface area (Å²) in [6.07, 6.45) is 18.8. The Hall–Kier alpha value is -14.1. The predicted octanol–water partition coefficient (Wildman–Crippen LogP) is 8.97. The van der Waals surface area contributed by atoms with Gasteiger partial charge in [-0.1, -0.05) is 61.9 Å². The van der Waals surface area contributed by atoms with Gasteiger partial charge in [0.05, 0.1) is 85.3 Å². The third kappa shape index (κ3) is 14.3. The van der Waals surface area contributed by atoms with Crippen molar-refractivity contribution in [1.82, 2.24) is 128 Å². The van der Waals surface area contributed by atoms with E-state index in [2.05, 4.69) is 127 Å². The van der Waals surface area contributed by atoms with Crippen molar-refractivity contribution in [3.05, 3.63) is 187 Å². The van der Waals surface area contributed by atoms with Crippen molar-refractivity contribution in [2.24, 2.45) is 7.05 Å². The van der Waals surface area contributed by atoms with Crippen LogP contribution < -0.4 is 32.6 Å². The lowest BCUT2D eigenvalue weighted by Gasteiger charge is -2.36. The number of unbranched alkanes of at least 4 members (excludes halogenated alkanes) is 1. The lowest BCUT2D eigenvalue weighted by molar-refractivity contribution is 0.245. The molecule has 0 saturated carbocycles. The minimum absolute atomic E-state index is 0.157. The number of aromatic nitrogens is 25. The van der Waals surface area contributed by atoms with Gasteiger partial charge in [0.25, 0.3) is 5.95 Å². The highest BCUT2D eigenvalue weighted by molar-refractivity contribution is 5.92. The molecule has 35 nitrogen and oxygen atoms in total. The van der Waals surface area contributed by atoms with Crippen LogP contribution in [-0.2, 0) is 45.9 Å². The summed E-state index contributed by atoms with van der Waals surface area (Å²) >= 11 is 0. The molecule has 18 aromatic rings. The van der Waals surface area contributed by atoms with Crippen molar-refractivity contribution in [2.75, 3.05) is 67.7 Å². The molecule has 0 amide bonds. The van der Waals surface area contributed by atoms with Crippen LogP contribution in [0.1, 0.15) is 48.7 Å². The fourth-order valence-corrected chi connectivity index (χ4v) is 12.9. The summed E-state index contributed by atoms with van der Waals surface area (Å²) in [5, 5.41) is 37.3. The molecular weight excluding hydrogens is 1390 g/mol. The minimum atomic E-state index is -0.157. The zero-order valence-electron chi connectivity index (χ0n) is 59.8. The van der Waals surface area contributed by atoms with Gasteiger partial charge in [0.2, 0.25) is 35.3 Å². The van der Waals surface area contributed by atoms with Gasteiger partial charge < -0.3 is 45.8 Å². The van der Waals surface area contributed by atoms with Crippen LogP contribution in [0.25, 0.3) is 102 Å². The molecule has 1 saturated heterocycles. The van der Waals surface area contributed by atoms with E-state index in [1.807, 2.05) is 75.0 Å². The number of hydrogen-bond donors (Lipinski definition) is 4. The van der Waals surface area contributed by atoms with Gasteiger partial charge in [-0.25, -0.2) is 48.3 Å². The first-order chi connectivity index (χ1) is 53.3. The maximum atomic E-state index is 14.3. The van der Waals surface area contributed by atoms with E-state index in [1.54, 1.807) is 99.3 Å². The smallest absolute Gasteiger partial charge is 0.251 e. The van der Waals surface area contributed by atoms with Gasteiger partial charge in [-0.05, 0) is 110 Å². The van der Waals surface area contributed by atoms with E-state index in [9.17, 15) is 4.39 Å². The van der Waals surface area contributed by atoms with Gasteiger partial charge in [0, 0.05) is 59.3 Å². The summed E-state index contributed by atoms with van der Waals surface area (Å²) in [6, 6.07) is 34.5. The Bertz CT molecular complexity index is 6130. The van der Waals surface area contributed by atoms with E-state index in [1.165, 1.54) is 29.5 Å². The molecule has 0 spiro atoms. The number of piperazine rings is 1. The second-order valence-electron chi connectivity index (χ2n) is 25.7. The molecule has 0 radical (unpaired) electrons. The first kappa shape index (κ1) is 69.3. The average Bonchev–Trinajstić information content (AvgIpc) is 1.62.